The molecule has 3 unspecified atom stereocenters. The van der Waals surface area contributed by atoms with Crippen LogP contribution in [0.3, 0.4) is 0 Å². The Labute approximate surface area is 125 Å². The fraction of sp³-hybridized carbons (Fsp3) is 0.733. The normalized spacial score (nSPS) is 29.8. The second kappa shape index (κ2) is 6.58. The summed E-state index contributed by atoms with van der Waals surface area (Å²) in [6.07, 6.45) is 3.95. The van der Waals surface area contributed by atoms with E-state index in [1.807, 2.05) is 11.0 Å². The summed E-state index contributed by atoms with van der Waals surface area (Å²) in [5.41, 5.74) is 1.14. The van der Waals surface area contributed by atoms with Crippen LogP contribution in [0.4, 0.5) is 0 Å². The molecule has 6 heteroatoms. The molecule has 2 N–H and O–H groups in total. The number of carbonyl (C=O) groups excluding carboxylic acids is 1. The van der Waals surface area contributed by atoms with Gasteiger partial charge in [0.25, 0.3) is 0 Å². The quantitative estimate of drug-likeness (QED) is 0.859. The molecule has 0 radical (unpaired) electrons. The minimum atomic E-state index is -0.0366. The van der Waals surface area contributed by atoms with Gasteiger partial charge in [-0.15, -0.1) is 0 Å². The maximum Gasteiger partial charge on any atom is 0.229 e. The Balaban J connectivity index is 1.64. The van der Waals surface area contributed by atoms with Gasteiger partial charge in [-0.3, -0.25) is 9.89 Å². The van der Waals surface area contributed by atoms with Crippen LogP contribution in [-0.2, 0) is 9.53 Å². The van der Waals surface area contributed by atoms with E-state index < -0.39 is 0 Å². The highest BCUT2D eigenvalue weighted by Crippen LogP contribution is 2.27. The lowest BCUT2D eigenvalue weighted by Crippen LogP contribution is -2.48. The van der Waals surface area contributed by atoms with Crippen molar-refractivity contribution in [3.8, 4) is 0 Å². The Hall–Kier alpha value is -1.40. The van der Waals surface area contributed by atoms with Gasteiger partial charge in [-0.25, -0.2) is 0 Å². The van der Waals surface area contributed by atoms with Crippen LogP contribution in [0.25, 0.3) is 0 Å². The van der Waals surface area contributed by atoms with Crippen LogP contribution in [0.1, 0.15) is 31.4 Å². The highest BCUT2D eigenvalue weighted by atomic mass is 16.5. The molecule has 3 atom stereocenters. The van der Waals surface area contributed by atoms with Gasteiger partial charge in [-0.05, 0) is 25.5 Å². The smallest absolute Gasteiger partial charge is 0.229 e. The Morgan fingerprint density at radius 1 is 1.57 bits per heavy atom. The van der Waals surface area contributed by atoms with Crippen LogP contribution in [0.5, 0.6) is 0 Å². The van der Waals surface area contributed by atoms with Crippen molar-refractivity contribution in [2.24, 2.45) is 5.92 Å². The number of H-pyrrole nitrogens is 1. The molecule has 3 heterocycles. The second-order valence-corrected chi connectivity index (χ2v) is 5.94. The third kappa shape index (κ3) is 3.11. The summed E-state index contributed by atoms with van der Waals surface area (Å²) < 4.78 is 5.51. The molecule has 2 fully saturated rings. The van der Waals surface area contributed by atoms with Crippen LogP contribution < -0.4 is 5.32 Å². The number of aromatic nitrogens is 2. The minimum absolute atomic E-state index is 0.0366. The topological polar surface area (TPSA) is 70.2 Å². The third-order valence-electron chi connectivity index (χ3n) is 4.56. The van der Waals surface area contributed by atoms with Crippen LogP contribution in [0.15, 0.2) is 12.3 Å². The Morgan fingerprint density at radius 3 is 3.24 bits per heavy atom. The SMILES string of the molecule is CCNC1COCC1C(=O)N1CCCC(c2ccn[nH]2)C1. The van der Waals surface area contributed by atoms with Gasteiger partial charge in [0.15, 0.2) is 0 Å². The Morgan fingerprint density at radius 2 is 2.48 bits per heavy atom. The molecule has 1 aromatic rings. The van der Waals surface area contributed by atoms with E-state index in [9.17, 15) is 4.79 Å². The summed E-state index contributed by atoms with van der Waals surface area (Å²) >= 11 is 0. The number of nitrogens with one attached hydrogen (secondary N) is 2. The number of carbonyl (C=O) groups is 1. The lowest BCUT2D eigenvalue weighted by atomic mass is 9.93. The predicted molar refractivity (Wildman–Crippen MR) is 78.9 cm³/mol. The van der Waals surface area contributed by atoms with Gasteiger partial charge in [0.1, 0.15) is 0 Å². The number of ether oxygens (including phenoxy) is 1. The van der Waals surface area contributed by atoms with Gasteiger partial charge in [-0.1, -0.05) is 6.92 Å². The number of likely N-dealkylation sites (N-methyl/N-ethyl adjacent to an activating group) is 1. The summed E-state index contributed by atoms with van der Waals surface area (Å²) in [7, 11) is 0. The first kappa shape index (κ1) is 14.5. The van der Waals surface area contributed by atoms with Crippen LogP contribution in [-0.4, -0.2) is 59.9 Å². The average molecular weight is 292 g/mol. The highest BCUT2D eigenvalue weighted by molar-refractivity contribution is 5.80. The third-order valence-corrected chi connectivity index (χ3v) is 4.56. The van der Waals surface area contributed by atoms with Crippen molar-refractivity contribution in [3.63, 3.8) is 0 Å². The lowest BCUT2D eigenvalue weighted by molar-refractivity contribution is -0.137. The van der Waals surface area contributed by atoms with E-state index in [0.717, 1.165) is 38.2 Å². The standard InChI is InChI=1S/C15H24N4O2/c1-2-16-14-10-21-9-12(14)15(20)19-7-3-4-11(8-19)13-5-6-17-18-13/h5-6,11-12,14,16H,2-4,7-10H2,1H3,(H,17,18). The minimum Gasteiger partial charge on any atom is -0.379 e. The number of aromatic amines is 1. The lowest BCUT2D eigenvalue weighted by Gasteiger charge is -2.34. The van der Waals surface area contributed by atoms with Crippen molar-refractivity contribution in [1.82, 2.24) is 20.4 Å². The predicted octanol–water partition coefficient (Wildman–Crippen LogP) is 0.740. The molecule has 21 heavy (non-hydrogen) atoms. The van der Waals surface area contributed by atoms with Crippen LogP contribution >= 0.6 is 0 Å². The largest absolute Gasteiger partial charge is 0.379 e. The van der Waals surface area contributed by atoms with E-state index in [1.165, 1.54) is 0 Å². The van der Waals surface area contributed by atoms with Crippen molar-refractivity contribution in [3.05, 3.63) is 18.0 Å². The van der Waals surface area contributed by atoms with Gasteiger partial charge >= 0.3 is 0 Å². The van der Waals surface area contributed by atoms with Gasteiger partial charge < -0.3 is 15.0 Å². The molecule has 116 valence electrons. The van der Waals surface area contributed by atoms with Crippen molar-refractivity contribution in [1.29, 1.82) is 0 Å². The molecule has 2 saturated heterocycles. The molecule has 0 bridgehead atoms. The Kier molecular flexibility index (Phi) is 4.55. The first-order valence-electron chi connectivity index (χ1n) is 7.88. The molecule has 0 saturated carbocycles. The first-order chi connectivity index (χ1) is 10.3. The number of rotatable bonds is 4. The number of hydrogen-bond donors (Lipinski definition) is 2. The van der Waals surface area contributed by atoms with E-state index in [0.29, 0.717) is 19.1 Å². The van der Waals surface area contributed by atoms with E-state index in [1.54, 1.807) is 6.20 Å². The summed E-state index contributed by atoms with van der Waals surface area (Å²) in [6, 6.07) is 2.17. The summed E-state index contributed by atoms with van der Waals surface area (Å²) in [6.45, 7) is 5.77. The van der Waals surface area contributed by atoms with Gasteiger partial charge in [0.2, 0.25) is 5.91 Å². The number of hydrogen-bond acceptors (Lipinski definition) is 4. The molecule has 2 aliphatic heterocycles. The van der Waals surface area contributed by atoms with E-state index in [-0.39, 0.29) is 17.9 Å². The molecule has 0 spiro atoms. The van der Waals surface area contributed by atoms with Gasteiger partial charge in [-0.2, -0.15) is 5.10 Å². The zero-order valence-electron chi connectivity index (χ0n) is 12.5. The number of amides is 1. The van der Waals surface area contributed by atoms with E-state index >= 15 is 0 Å². The van der Waals surface area contributed by atoms with Gasteiger partial charge in [0.05, 0.1) is 19.1 Å². The van der Waals surface area contributed by atoms with Crippen molar-refractivity contribution in [2.45, 2.75) is 31.7 Å². The van der Waals surface area contributed by atoms with E-state index in [2.05, 4.69) is 22.4 Å². The van der Waals surface area contributed by atoms with Crippen molar-refractivity contribution >= 4 is 5.91 Å². The van der Waals surface area contributed by atoms with E-state index in [4.69, 9.17) is 4.74 Å². The molecule has 3 rings (SSSR count). The van der Waals surface area contributed by atoms with Crippen LogP contribution in [0.2, 0.25) is 0 Å². The fourth-order valence-electron chi connectivity index (χ4n) is 3.42. The zero-order chi connectivity index (χ0) is 14.7. The van der Waals surface area contributed by atoms with Crippen molar-refractivity contribution in [2.75, 3.05) is 32.8 Å². The molecule has 6 nitrogen and oxygen atoms in total. The molecule has 2 aliphatic rings. The summed E-state index contributed by atoms with van der Waals surface area (Å²) in [5.74, 6) is 0.582. The molecular weight excluding hydrogens is 268 g/mol. The first-order valence-corrected chi connectivity index (χ1v) is 7.88. The summed E-state index contributed by atoms with van der Waals surface area (Å²) in [5, 5.41) is 10.4. The number of likely N-dealkylation sites (tertiary alicyclic amines) is 1. The molecule has 1 aromatic heterocycles. The monoisotopic (exact) mass is 292 g/mol. The molecular formula is C15H24N4O2. The maximum absolute atomic E-state index is 12.8. The number of nitrogens with zero attached hydrogens (tertiary/aromatic N) is 2. The van der Waals surface area contributed by atoms with Gasteiger partial charge in [0, 0.05) is 36.9 Å². The second-order valence-electron chi connectivity index (χ2n) is 5.94. The maximum atomic E-state index is 12.8. The Bertz CT molecular complexity index is 462. The highest BCUT2D eigenvalue weighted by Gasteiger charge is 2.37. The van der Waals surface area contributed by atoms with Crippen molar-refractivity contribution < 1.29 is 9.53 Å². The fourth-order valence-corrected chi connectivity index (χ4v) is 3.42. The van der Waals surface area contributed by atoms with Crippen LogP contribution in [0, 0.1) is 5.92 Å². The molecule has 1 amide bonds. The molecule has 0 aromatic carbocycles. The zero-order valence-corrected chi connectivity index (χ0v) is 12.5. The average Bonchev–Trinajstić information content (AvgIpc) is 3.18. The summed E-state index contributed by atoms with van der Waals surface area (Å²) in [4.78, 5) is 14.8. The molecule has 0 aliphatic carbocycles. The number of piperidine rings is 1.